The van der Waals surface area contributed by atoms with Crippen molar-refractivity contribution in [2.45, 2.75) is 58.4 Å². The Kier molecular flexibility index (Phi) is 7.93. The van der Waals surface area contributed by atoms with E-state index in [9.17, 15) is 8.42 Å². The van der Waals surface area contributed by atoms with E-state index in [0.29, 0.717) is 12.5 Å². The van der Waals surface area contributed by atoms with Crippen molar-refractivity contribution in [3.8, 4) is 5.75 Å². The van der Waals surface area contributed by atoms with E-state index in [1.807, 2.05) is 32.0 Å². The number of aryl methyl sites for hydroxylation is 1. The minimum absolute atomic E-state index is 0.142. The molecular weight excluding hydrogens is 350 g/mol. The van der Waals surface area contributed by atoms with Gasteiger partial charge in [-0.1, -0.05) is 19.1 Å². The fourth-order valence-electron chi connectivity index (χ4n) is 2.04. The van der Waals surface area contributed by atoms with Crippen molar-refractivity contribution < 1.29 is 13.2 Å². The maximum atomic E-state index is 11.8. The van der Waals surface area contributed by atoms with Gasteiger partial charge in [0, 0.05) is 32.0 Å². The molecule has 1 unspecified atom stereocenters. The van der Waals surface area contributed by atoms with Gasteiger partial charge < -0.3 is 15.4 Å². The Morgan fingerprint density at radius 1 is 1.31 bits per heavy atom. The molecule has 0 saturated heterocycles. The summed E-state index contributed by atoms with van der Waals surface area (Å²) in [7, 11) is -1.51. The first-order chi connectivity index (χ1) is 12.0. The van der Waals surface area contributed by atoms with Gasteiger partial charge in [0.2, 0.25) is 0 Å². The van der Waals surface area contributed by atoms with E-state index in [1.54, 1.807) is 20.9 Å². The van der Waals surface area contributed by atoms with Crippen LogP contribution in [0.25, 0.3) is 0 Å². The maximum Gasteiger partial charge on any atom is 0.191 e. The summed E-state index contributed by atoms with van der Waals surface area (Å²) in [6.07, 6.45) is 2.32. The molecule has 0 fully saturated rings. The smallest absolute Gasteiger partial charge is 0.191 e. The van der Waals surface area contributed by atoms with Crippen molar-refractivity contribution in [3.05, 3.63) is 29.3 Å². The van der Waals surface area contributed by atoms with Gasteiger partial charge in [-0.2, -0.15) is 0 Å². The Morgan fingerprint density at radius 3 is 2.50 bits per heavy atom. The molecule has 1 rings (SSSR count). The molecule has 0 aliphatic carbocycles. The summed E-state index contributed by atoms with van der Waals surface area (Å²) < 4.78 is 28.8. The van der Waals surface area contributed by atoms with Gasteiger partial charge in [-0.25, -0.2) is 8.42 Å². The zero-order valence-electron chi connectivity index (χ0n) is 17.0. The Labute approximate surface area is 158 Å². The summed E-state index contributed by atoms with van der Waals surface area (Å²) in [6.45, 7) is 10.4. The lowest BCUT2D eigenvalue weighted by molar-refractivity contribution is 0.215. The number of rotatable bonds is 8. The third-order valence-corrected chi connectivity index (χ3v) is 6.63. The molecule has 0 aliphatic rings. The van der Waals surface area contributed by atoms with Crippen LogP contribution >= 0.6 is 0 Å². The van der Waals surface area contributed by atoms with E-state index >= 15 is 0 Å². The molecule has 0 spiro atoms. The molecule has 0 aromatic heterocycles. The standard InChI is InChI=1S/C19H33N3O3S/c1-8-15(3)25-17-11-14(2)9-10-16(17)12-21-18(20-6)22-13-19(4,5)26(7,23)24/h9-11,15H,8,12-13H2,1-7H3,(H2,20,21,22). The Hall–Kier alpha value is -1.76. The summed E-state index contributed by atoms with van der Waals surface area (Å²) in [5, 5.41) is 6.31. The van der Waals surface area contributed by atoms with Crippen molar-refractivity contribution in [2.75, 3.05) is 19.8 Å². The molecule has 1 aromatic rings. The molecule has 1 aromatic carbocycles. The summed E-state index contributed by atoms with van der Waals surface area (Å²) in [6, 6.07) is 6.11. The number of guanidine groups is 1. The quantitative estimate of drug-likeness (QED) is 0.533. The van der Waals surface area contributed by atoms with Crippen LogP contribution in [0.3, 0.4) is 0 Å². The van der Waals surface area contributed by atoms with Crippen LogP contribution in [0.1, 0.15) is 45.2 Å². The highest BCUT2D eigenvalue weighted by Crippen LogP contribution is 2.22. The van der Waals surface area contributed by atoms with Gasteiger partial charge in [-0.3, -0.25) is 4.99 Å². The second kappa shape index (κ2) is 9.26. The molecule has 0 saturated carbocycles. The largest absolute Gasteiger partial charge is 0.490 e. The maximum absolute atomic E-state index is 11.8. The van der Waals surface area contributed by atoms with Crippen molar-refractivity contribution in [1.29, 1.82) is 0 Å². The molecular formula is C19H33N3O3S. The predicted octanol–water partition coefficient (Wildman–Crippen LogP) is 2.66. The molecule has 0 bridgehead atoms. The van der Waals surface area contributed by atoms with Crippen LogP contribution in [0.15, 0.2) is 23.2 Å². The van der Waals surface area contributed by atoms with Crippen molar-refractivity contribution in [3.63, 3.8) is 0 Å². The summed E-state index contributed by atoms with van der Waals surface area (Å²) in [5.74, 6) is 1.41. The Morgan fingerprint density at radius 2 is 1.96 bits per heavy atom. The van der Waals surface area contributed by atoms with E-state index in [4.69, 9.17) is 4.74 Å². The van der Waals surface area contributed by atoms with Gasteiger partial charge >= 0.3 is 0 Å². The highest BCUT2D eigenvalue weighted by Gasteiger charge is 2.30. The van der Waals surface area contributed by atoms with Crippen LogP contribution in [0.2, 0.25) is 0 Å². The number of hydrogen-bond acceptors (Lipinski definition) is 4. The molecule has 0 aliphatic heterocycles. The van der Waals surface area contributed by atoms with Gasteiger partial charge in [0.1, 0.15) is 5.75 Å². The number of benzene rings is 1. The van der Waals surface area contributed by atoms with Crippen LogP contribution in [-0.4, -0.2) is 45.1 Å². The number of nitrogens with one attached hydrogen (secondary N) is 2. The molecule has 148 valence electrons. The molecule has 7 heteroatoms. The third-order valence-electron chi connectivity index (χ3n) is 4.48. The Balaban J connectivity index is 2.78. The van der Waals surface area contributed by atoms with E-state index in [0.717, 1.165) is 23.3 Å². The lowest BCUT2D eigenvalue weighted by atomic mass is 10.1. The minimum atomic E-state index is -3.17. The van der Waals surface area contributed by atoms with Crippen LogP contribution in [0.4, 0.5) is 0 Å². The summed E-state index contributed by atoms with van der Waals surface area (Å²) >= 11 is 0. The summed E-state index contributed by atoms with van der Waals surface area (Å²) in [5.41, 5.74) is 2.17. The normalized spacial score (nSPS) is 14.0. The summed E-state index contributed by atoms with van der Waals surface area (Å²) in [4.78, 5) is 4.17. The first kappa shape index (κ1) is 22.3. The van der Waals surface area contributed by atoms with Crippen molar-refractivity contribution in [1.82, 2.24) is 10.6 Å². The molecule has 2 N–H and O–H groups in total. The Bertz CT molecular complexity index is 728. The first-order valence-electron chi connectivity index (χ1n) is 8.90. The van der Waals surface area contributed by atoms with Crippen LogP contribution in [0.5, 0.6) is 5.75 Å². The zero-order valence-corrected chi connectivity index (χ0v) is 17.8. The van der Waals surface area contributed by atoms with Gasteiger partial charge in [0.05, 0.1) is 10.9 Å². The monoisotopic (exact) mass is 383 g/mol. The van der Waals surface area contributed by atoms with Crippen molar-refractivity contribution in [2.24, 2.45) is 4.99 Å². The molecule has 0 heterocycles. The van der Waals surface area contributed by atoms with Crippen molar-refractivity contribution >= 4 is 15.8 Å². The number of aliphatic imine (C=N–C) groups is 1. The van der Waals surface area contributed by atoms with E-state index in [2.05, 4.69) is 22.5 Å². The number of sulfone groups is 1. The second-order valence-corrected chi connectivity index (χ2v) is 9.91. The van der Waals surface area contributed by atoms with E-state index in [-0.39, 0.29) is 12.6 Å². The van der Waals surface area contributed by atoms with E-state index in [1.165, 1.54) is 6.26 Å². The number of ether oxygens (including phenoxy) is 1. The molecule has 6 nitrogen and oxygen atoms in total. The van der Waals surface area contributed by atoms with Crippen LogP contribution < -0.4 is 15.4 Å². The fourth-order valence-corrected chi connectivity index (χ4v) is 2.38. The third kappa shape index (κ3) is 6.52. The SMILES string of the molecule is CCC(C)Oc1cc(C)ccc1CNC(=NC)NCC(C)(C)S(C)(=O)=O. The first-order valence-corrected chi connectivity index (χ1v) is 10.8. The second-order valence-electron chi connectivity index (χ2n) is 7.26. The number of nitrogens with zero attached hydrogens (tertiary/aromatic N) is 1. The molecule has 26 heavy (non-hydrogen) atoms. The highest BCUT2D eigenvalue weighted by molar-refractivity contribution is 7.92. The molecule has 0 radical (unpaired) electrons. The minimum Gasteiger partial charge on any atom is -0.490 e. The van der Waals surface area contributed by atoms with Gasteiger partial charge in [-0.15, -0.1) is 0 Å². The lowest BCUT2D eigenvalue weighted by Gasteiger charge is -2.24. The zero-order chi connectivity index (χ0) is 20.0. The van der Waals surface area contributed by atoms with Gasteiger partial charge in [-0.05, 0) is 45.7 Å². The number of hydrogen-bond donors (Lipinski definition) is 2. The fraction of sp³-hybridized carbons (Fsp3) is 0.632. The average Bonchev–Trinajstić information content (AvgIpc) is 2.55. The highest BCUT2D eigenvalue weighted by atomic mass is 32.2. The topological polar surface area (TPSA) is 79.8 Å². The van der Waals surface area contributed by atoms with E-state index < -0.39 is 14.6 Å². The average molecular weight is 384 g/mol. The predicted molar refractivity (Wildman–Crippen MR) is 109 cm³/mol. The van der Waals surface area contributed by atoms with Crippen LogP contribution in [0, 0.1) is 6.92 Å². The van der Waals surface area contributed by atoms with Gasteiger partial charge in [0.25, 0.3) is 0 Å². The molecule has 0 amide bonds. The lowest BCUT2D eigenvalue weighted by Crippen LogP contribution is -2.47. The molecule has 1 atom stereocenters. The van der Waals surface area contributed by atoms with Crippen LogP contribution in [-0.2, 0) is 16.4 Å². The van der Waals surface area contributed by atoms with Gasteiger partial charge in [0.15, 0.2) is 15.8 Å².